The molecule has 4 heteroatoms. The summed E-state index contributed by atoms with van der Waals surface area (Å²) in [7, 11) is 0. The molecule has 0 aliphatic heterocycles. The number of nitrogens with zero attached hydrogens (tertiary/aromatic N) is 2. The molecular weight excluding hydrogens is 176 g/mol. The van der Waals surface area contributed by atoms with Gasteiger partial charge in [-0.15, -0.1) is 0 Å². The first-order chi connectivity index (χ1) is 6.75. The minimum atomic E-state index is 0.515. The summed E-state index contributed by atoms with van der Waals surface area (Å²) < 4.78 is 0. The van der Waals surface area contributed by atoms with Crippen LogP contribution in [0.5, 0.6) is 0 Å². The minimum absolute atomic E-state index is 0.515. The van der Waals surface area contributed by atoms with Crippen LogP contribution in [0.4, 0.5) is 11.6 Å². The monoisotopic (exact) mass is 192 g/mol. The first kappa shape index (κ1) is 9.24. The summed E-state index contributed by atoms with van der Waals surface area (Å²) in [5.41, 5.74) is 5.55. The molecule has 1 unspecified atom stereocenters. The van der Waals surface area contributed by atoms with Gasteiger partial charge >= 0.3 is 0 Å². The molecule has 0 amide bonds. The Kier molecular flexibility index (Phi) is 2.52. The Bertz CT molecular complexity index is 309. The van der Waals surface area contributed by atoms with Crippen molar-refractivity contribution in [1.82, 2.24) is 9.97 Å². The van der Waals surface area contributed by atoms with Crippen LogP contribution in [0.25, 0.3) is 0 Å². The van der Waals surface area contributed by atoms with Gasteiger partial charge in [0.25, 0.3) is 0 Å². The molecule has 1 aliphatic carbocycles. The molecule has 76 valence electrons. The van der Waals surface area contributed by atoms with Crippen LogP contribution in [0.1, 0.15) is 19.8 Å². The highest BCUT2D eigenvalue weighted by Gasteiger charge is 2.27. The molecule has 3 N–H and O–H groups in total. The summed E-state index contributed by atoms with van der Waals surface area (Å²) >= 11 is 0. The summed E-state index contributed by atoms with van der Waals surface area (Å²) in [4.78, 5) is 7.93. The molecule has 1 heterocycles. The number of rotatable bonds is 4. The average Bonchev–Trinajstić information content (AvgIpc) is 2.97. The van der Waals surface area contributed by atoms with Gasteiger partial charge in [0.05, 0.1) is 0 Å². The lowest BCUT2D eigenvalue weighted by Gasteiger charge is -2.11. The third kappa shape index (κ3) is 2.34. The maximum Gasteiger partial charge on any atom is 0.131 e. The van der Waals surface area contributed by atoms with Crippen LogP contribution in [0, 0.1) is 11.8 Å². The summed E-state index contributed by atoms with van der Waals surface area (Å²) in [5.74, 6) is 2.99. The summed E-state index contributed by atoms with van der Waals surface area (Å²) in [6.07, 6.45) is 4.25. The Hall–Kier alpha value is -1.32. The molecule has 0 spiro atoms. The first-order valence-corrected chi connectivity index (χ1v) is 5.07. The molecule has 1 aromatic rings. The van der Waals surface area contributed by atoms with E-state index in [4.69, 9.17) is 5.73 Å². The highest BCUT2D eigenvalue weighted by Crippen LogP contribution is 2.36. The van der Waals surface area contributed by atoms with E-state index < -0.39 is 0 Å². The molecule has 2 rings (SSSR count). The van der Waals surface area contributed by atoms with Crippen LogP contribution >= 0.6 is 0 Å². The molecule has 4 nitrogen and oxygen atoms in total. The summed E-state index contributed by atoms with van der Waals surface area (Å²) in [6, 6.07) is 1.76. The summed E-state index contributed by atoms with van der Waals surface area (Å²) in [5, 5.41) is 3.28. The normalized spacial score (nSPS) is 17.8. The van der Waals surface area contributed by atoms with Crippen molar-refractivity contribution in [3.05, 3.63) is 12.4 Å². The van der Waals surface area contributed by atoms with Crippen LogP contribution in [0.15, 0.2) is 12.4 Å². The van der Waals surface area contributed by atoms with Crippen molar-refractivity contribution in [3.63, 3.8) is 0 Å². The number of nitrogens with one attached hydrogen (secondary N) is 1. The van der Waals surface area contributed by atoms with Gasteiger partial charge in [0.1, 0.15) is 18.0 Å². The third-order valence-electron chi connectivity index (χ3n) is 2.72. The van der Waals surface area contributed by atoms with Crippen LogP contribution in [-0.2, 0) is 0 Å². The zero-order chi connectivity index (χ0) is 9.97. The van der Waals surface area contributed by atoms with Gasteiger partial charge in [0, 0.05) is 12.6 Å². The second kappa shape index (κ2) is 3.82. The fourth-order valence-corrected chi connectivity index (χ4v) is 1.57. The van der Waals surface area contributed by atoms with Gasteiger partial charge in [0.15, 0.2) is 0 Å². The number of anilines is 2. The Balaban J connectivity index is 1.84. The maximum atomic E-state index is 5.55. The quantitative estimate of drug-likeness (QED) is 0.759. The van der Waals surface area contributed by atoms with E-state index in [1.165, 1.54) is 19.2 Å². The predicted molar refractivity (Wildman–Crippen MR) is 56.8 cm³/mol. The molecule has 1 aliphatic rings. The van der Waals surface area contributed by atoms with E-state index in [0.29, 0.717) is 5.82 Å². The molecule has 0 bridgehead atoms. The van der Waals surface area contributed by atoms with Crippen molar-refractivity contribution in [2.75, 3.05) is 17.6 Å². The number of hydrogen-bond donors (Lipinski definition) is 2. The van der Waals surface area contributed by atoms with Crippen molar-refractivity contribution < 1.29 is 0 Å². The largest absolute Gasteiger partial charge is 0.384 e. The molecule has 0 aromatic carbocycles. The number of aromatic nitrogens is 2. The molecule has 0 radical (unpaired) electrons. The Morgan fingerprint density at radius 2 is 2.36 bits per heavy atom. The lowest BCUT2D eigenvalue weighted by molar-refractivity contribution is 0.536. The highest BCUT2D eigenvalue weighted by molar-refractivity contribution is 5.43. The van der Waals surface area contributed by atoms with Gasteiger partial charge in [0.2, 0.25) is 0 Å². The third-order valence-corrected chi connectivity index (χ3v) is 2.72. The van der Waals surface area contributed by atoms with E-state index in [1.807, 2.05) is 0 Å². The van der Waals surface area contributed by atoms with Crippen LogP contribution in [0.3, 0.4) is 0 Å². The average molecular weight is 192 g/mol. The van der Waals surface area contributed by atoms with Gasteiger partial charge in [-0.05, 0) is 24.7 Å². The number of nitrogen functional groups attached to an aromatic ring is 1. The van der Waals surface area contributed by atoms with Crippen molar-refractivity contribution in [2.45, 2.75) is 19.8 Å². The molecule has 1 saturated carbocycles. The zero-order valence-corrected chi connectivity index (χ0v) is 8.40. The van der Waals surface area contributed by atoms with E-state index in [9.17, 15) is 0 Å². The van der Waals surface area contributed by atoms with E-state index >= 15 is 0 Å². The number of hydrogen-bond acceptors (Lipinski definition) is 4. The molecular formula is C10H16N4. The first-order valence-electron chi connectivity index (χ1n) is 5.07. The van der Waals surface area contributed by atoms with Gasteiger partial charge < -0.3 is 11.1 Å². The second-order valence-electron chi connectivity index (χ2n) is 4.02. The lowest BCUT2D eigenvalue weighted by Crippen LogP contribution is -2.13. The minimum Gasteiger partial charge on any atom is -0.384 e. The Labute approximate surface area is 83.9 Å². The van der Waals surface area contributed by atoms with Crippen molar-refractivity contribution >= 4 is 11.6 Å². The van der Waals surface area contributed by atoms with E-state index in [-0.39, 0.29) is 0 Å². The topological polar surface area (TPSA) is 63.8 Å². The molecule has 14 heavy (non-hydrogen) atoms. The Morgan fingerprint density at radius 3 is 3.00 bits per heavy atom. The highest BCUT2D eigenvalue weighted by atomic mass is 15.0. The van der Waals surface area contributed by atoms with Crippen LogP contribution in [-0.4, -0.2) is 16.5 Å². The van der Waals surface area contributed by atoms with Gasteiger partial charge in [-0.1, -0.05) is 6.92 Å². The Morgan fingerprint density at radius 1 is 1.57 bits per heavy atom. The summed E-state index contributed by atoms with van der Waals surface area (Å²) in [6.45, 7) is 3.25. The molecule has 1 aromatic heterocycles. The standard InChI is InChI=1S/C10H16N4/c1-7(8-2-3-8)5-12-10-4-9(11)13-6-14-10/h4,6-8H,2-3,5H2,1H3,(H3,11,12,13,14). The van der Waals surface area contributed by atoms with Crippen LogP contribution in [0.2, 0.25) is 0 Å². The fourth-order valence-electron chi connectivity index (χ4n) is 1.57. The van der Waals surface area contributed by atoms with E-state index in [0.717, 1.165) is 24.2 Å². The molecule has 0 saturated heterocycles. The van der Waals surface area contributed by atoms with Gasteiger partial charge in [-0.3, -0.25) is 0 Å². The van der Waals surface area contributed by atoms with E-state index in [1.54, 1.807) is 6.07 Å². The van der Waals surface area contributed by atoms with Crippen LogP contribution < -0.4 is 11.1 Å². The smallest absolute Gasteiger partial charge is 0.131 e. The van der Waals surface area contributed by atoms with Gasteiger partial charge in [-0.25, -0.2) is 9.97 Å². The predicted octanol–water partition coefficient (Wildman–Crippen LogP) is 1.52. The fraction of sp³-hybridized carbons (Fsp3) is 0.600. The molecule has 1 fully saturated rings. The molecule has 1 atom stereocenters. The number of nitrogens with two attached hydrogens (primary N) is 1. The second-order valence-corrected chi connectivity index (χ2v) is 4.02. The van der Waals surface area contributed by atoms with Crippen molar-refractivity contribution in [2.24, 2.45) is 11.8 Å². The SMILES string of the molecule is CC(CNc1cc(N)ncn1)C1CC1. The van der Waals surface area contributed by atoms with E-state index in [2.05, 4.69) is 22.2 Å². The maximum absolute atomic E-state index is 5.55. The lowest BCUT2D eigenvalue weighted by atomic mass is 10.1. The zero-order valence-electron chi connectivity index (χ0n) is 8.40. The van der Waals surface area contributed by atoms with Crippen molar-refractivity contribution in [3.8, 4) is 0 Å². The van der Waals surface area contributed by atoms with Gasteiger partial charge in [-0.2, -0.15) is 0 Å². The van der Waals surface area contributed by atoms with Crippen molar-refractivity contribution in [1.29, 1.82) is 0 Å².